The Morgan fingerprint density at radius 3 is 2.64 bits per heavy atom. The van der Waals surface area contributed by atoms with Crippen LogP contribution in [0.5, 0.6) is 0 Å². The van der Waals surface area contributed by atoms with E-state index < -0.39 is 21.4 Å². The smallest absolute Gasteiger partial charge is 0.450 e. The Morgan fingerprint density at radius 1 is 1.64 bits per heavy atom. The van der Waals surface area contributed by atoms with Crippen molar-refractivity contribution in [2.75, 3.05) is 5.75 Å². The van der Waals surface area contributed by atoms with Crippen LogP contribution in [-0.2, 0) is 14.6 Å². The lowest BCUT2D eigenvalue weighted by Gasteiger charge is -2.05. The molecule has 0 aromatic heterocycles. The summed E-state index contributed by atoms with van der Waals surface area (Å²) in [7, 11) is -3.40. The van der Waals surface area contributed by atoms with Crippen molar-refractivity contribution in [2.24, 2.45) is 0 Å². The zero-order valence-electron chi connectivity index (χ0n) is 5.43. The summed E-state index contributed by atoms with van der Waals surface area (Å²) in [6, 6.07) is 0. The van der Waals surface area contributed by atoms with Crippen molar-refractivity contribution in [3.63, 3.8) is 0 Å². The van der Waals surface area contributed by atoms with E-state index >= 15 is 0 Å². The maximum absolute atomic E-state index is 10.8. The third-order valence-corrected chi connectivity index (χ3v) is 2.81. The Hall–Kier alpha value is -1.04. The molecule has 0 bridgehead atoms. The molecule has 0 amide bonds. The highest BCUT2D eigenvalue weighted by atomic mass is 32.2. The molecule has 0 spiro atoms. The topological polar surface area (TPSA) is 80.7 Å². The molecule has 0 saturated heterocycles. The molecule has 0 aliphatic carbocycles. The van der Waals surface area contributed by atoms with Crippen LogP contribution in [0, 0.1) is 0 Å². The fraction of sp³-hybridized carbons (Fsp3) is 0.400. The molecule has 5 nitrogen and oxygen atoms in total. The van der Waals surface area contributed by atoms with E-state index in [0.29, 0.717) is 0 Å². The molecule has 1 atom stereocenters. The van der Waals surface area contributed by atoms with Crippen LogP contribution in [0.2, 0.25) is 0 Å². The van der Waals surface area contributed by atoms with Gasteiger partial charge in [0.2, 0.25) is 5.44 Å². The number of hydrogen-bond donors (Lipinski definition) is 1. The summed E-state index contributed by atoms with van der Waals surface area (Å²) < 4.78 is 25.8. The van der Waals surface area contributed by atoms with Crippen molar-refractivity contribution in [1.82, 2.24) is 0 Å². The highest BCUT2D eigenvalue weighted by Gasteiger charge is 2.29. The minimum atomic E-state index is -3.40. The second-order valence-electron chi connectivity index (χ2n) is 2.01. The van der Waals surface area contributed by atoms with Gasteiger partial charge < -0.3 is 9.84 Å². The molecule has 62 valence electrons. The molecule has 1 heterocycles. The first-order valence-corrected chi connectivity index (χ1v) is 4.52. The SMILES string of the molecule is O=C(O)OC1C=CCS1(=O)=O. The largest absolute Gasteiger partial charge is 0.507 e. The standard InChI is InChI=1S/C5H6O5S/c6-5(7)10-4-2-1-3-11(4,8)9/h1-2,4H,3H2,(H,6,7). The first kappa shape index (κ1) is 8.06. The minimum absolute atomic E-state index is 0.148. The molecule has 1 aliphatic heterocycles. The summed E-state index contributed by atoms with van der Waals surface area (Å²) >= 11 is 0. The number of carbonyl (C=O) groups is 1. The summed E-state index contributed by atoms with van der Waals surface area (Å²) in [6.45, 7) is 0. The molecule has 0 radical (unpaired) electrons. The second kappa shape index (κ2) is 2.54. The van der Waals surface area contributed by atoms with E-state index in [2.05, 4.69) is 4.74 Å². The molecule has 0 aromatic carbocycles. The highest BCUT2D eigenvalue weighted by molar-refractivity contribution is 7.92. The second-order valence-corrected chi connectivity index (χ2v) is 4.13. The quantitative estimate of drug-likeness (QED) is 0.451. The number of ether oxygens (including phenoxy) is 1. The van der Waals surface area contributed by atoms with Gasteiger partial charge in [0.05, 0.1) is 5.75 Å². The maximum Gasteiger partial charge on any atom is 0.507 e. The monoisotopic (exact) mass is 178 g/mol. The van der Waals surface area contributed by atoms with Gasteiger partial charge >= 0.3 is 6.16 Å². The lowest BCUT2D eigenvalue weighted by Crippen LogP contribution is -2.22. The van der Waals surface area contributed by atoms with Crippen LogP contribution < -0.4 is 0 Å². The zero-order chi connectivity index (χ0) is 8.48. The van der Waals surface area contributed by atoms with E-state index in [4.69, 9.17) is 5.11 Å². The van der Waals surface area contributed by atoms with Gasteiger partial charge in [0.1, 0.15) is 0 Å². The van der Waals surface area contributed by atoms with E-state index in [1.165, 1.54) is 12.2 Å². The van der Waals surface area contributed by atoms with Gasteiger partial charge in [0.15, 0.2) is 9.84 Å². The fourth-order valence-corrected chi connectivity index (χ4v) is 1.88. The van der Waals surface area contributed by atoms with Gasteiger partial charge in [-0.15, -0.1) is 0 Å². The Labute approximate surface area is 63.2 Å². The maximum atomic E-state index is 10.8. The lowest BCUT2D eigenvalue weighted by atomic mass is 10.6. The summed E-state index contributed by atoms with van der Waals surface area (Å²) in [4.78, 5) is 9.92. The molecule has 11 heavy (non-hydrogen) atoms. The van der Waals surface area contributed by atoms with E-state index in [0.717, 1.165) is 0 Å². The molecule has 1 N–H and O–H groups in total. The minimum Gasteiger partial charge on any atom is -0.450 e. The molecule has 0 fully saturated rings. The van der Waals surface area contributed by atoms with Gasteiger partial charge in [-0.1, -0.05) is 6.08 Å². The van der Waals surface area contributed by atoms with Crippen molar-refractivity contribution in [3.8, 4) is 0 Å². The van der Waals surface area contributed by atoms with Crippen LogP contribution in [0.15, 0.2) is 12.2 Å². The van der Waals surface area contributed by atoms with Crippen molar-refractivity contribution in [2.45, 2.75) is 5.44 Å². The van der Waals surface area contributed by atoms with E-state index in [9.17, 15) is 13.2 Å². The summed E-state index contributed by atoms with van der Waals surface area (Å²) in [6.07, 6.45) is 0.997. The fourth-order valence-electron chi connectivity index (χ4n) is 0.727. The average molecular weight is 178 g/mol. The summed E-state index contributed by atoms with van der Waals surface area (Å²) in [5.74, 6) is -0.148. The van der Waals surface area contributed by atoms with Crippen LogP contribution >= 0.6 is 0 Å². The van der Waals surface area contributed by atoms with E-state index in [1.54, 1.807) is 0 Å². The predicted octanol–water partition coefficient (Wildman–Crippen LogP) is -0.00830. The summed E-state index contributed by atoms with van der Waals surface area (Å²) in [5, 5.41) is 8.09. The van der Waals surface area contributed by atoms with Crippen molar-refractivity contribution >= 4 is 16.0 Å². The normalized spacial score (nSPS) is 26.7. The Kier molecular flexibility index (Phi) is 1.86. The van der Waals surface area contributed by atoms with Crippen LogP contribution in [0.25, 0.3) is 0 Å². The number of sulfone groups is 1. The zero-order valence-corrected chi connectivity index (χ0v) is 6.24. The van der Waals surface area contributed by atoms with Gasteiger partial charge in [-0.05, 0) is 6.08 Å². The molecule has 1 aliphatic rings. The Balaban J connectivity index is 2.73. The van der Waals surface area contributed by atoms with E-state index in [-0.39, 0.29) is 5.75 Å². The van der Waals surface area contributed by atoms with E-state index in [1.807, 2.05) is 0 Å². The number of hydrogen-bond acceptors (Lipinski definition) is 4. The molecular formula is C5H6O5S. The van der Waals surface area contributed by atoms with Crippen LogP contribution in [-0.4, -0.2) is 30.9 Å². The van der Waals surface area contributed by atoms with Crippen molar-refractivity contribution in [1.29, 1.82) is 0 Å². The van der Waals surface area contributed by atoms with Gasteiger partial charge in [-0.2, -0.15) is 0 Å². The van der Waals surface area contributed by atoms with Crippen LogP contribution in [0.3, 0.4) is 0 Å². The van der Waals surface area contributed by atoms with Gasteiger partial charge in [-0.3, -0.25) is 0 Å². The molecular weight excluding hydrogens is 172 g/mol. The first-order valence-electron chi connectivity index (χ1n) is 2.80. The van der Waals surface area contributed by atoms with Crippen molar-refractivity contribution in [3.05, 3.63) is 12.2 Å². The van der Waals surface area contributed by atoms with Gasteiger partial charge in [0.25, 0.3) is 0 Å². The number of rotatable bonds is 1. The third kappa shape index (κ3) is 1.70. The predicted molar refractivity (Wildman–Crippen MR) is 35.8 cm³/mol. The van der Waals surface area contributed by atoms with Gasteiger partial charge in [-0.25, -0.2) is 13.2 Å². The molecule has 0 aromatic rings. The molecule has 1 unspecified atom stereocenters. The Morgan fingerprint density at radius 2 is 2.27 bits per heavy atom. The Bertz CT molecular complexity index is 288. The third-order valence-electron chi connectivity index (χ3n) is 1.19. The lowest BCUT2D eigenvalue weighted by molar-refractivity contribution is 0.0914. The molecule has 1 rings (SSSR count). The first-order chi connectivity index (χ1) is 5.02. The molecule has 6 heteroatoms. The van der Waals surface area contributed by atoms with Gasteiger partial charge in [0, 0.05) is 0 Å². The average Bonchev–Trinajstić information content (AvgIpc) is 2.10. The molecule has 0 saturated carbocycles. The number of carboxylic acid groups (broad SMARTS) is 1. The van der Waals surface area contributed by atoms with Crippen LogP contribution in [0.1, 0.15) is 0 Å². The van der Waals surface area contributed by atoms with Crippen LogP contribution in [0.4, 0.5) is 4.79 Å². The van der Waals surface area contributed by atoms with Crippen molar-refractivity contribution < 1.29 is 23.1 Å². The highest BCUT2D eigenvalue weighted by Crippen LogP contribution is 2.13. The summed E-state index contributed by atoms with van der Waals surface area (Å²) in [5.41, 5.74) is -1.31.